The second-order valence-corrected chi connectivity index (χ2v) is 5.09. The maximum absolute atomic E-state index is 11.7. The van der Waals surface area contributed by atoms with Crippen LogP contribution in [0.25, 0.3) is 0 Å². The van der Waals surface area contributed by atoms with E-state index in [4.69, 9.17) is 0 Å². The SMILES string of the molecule is Cc1ccccc1CCNC(=O)CC1CCNC1.Cl. The molecule has 1 amide bonds. The van der Waals surface area contributed by atoms with E-state index < -0.39 is 0 Å². The van der Waals surface area contributed by atoms with Gasteiger partial charge in [-0.2, -0.15) is 0 Å². The van der Waals surface area contributed by atoms with Gasteiger partial charge in [0, 0.05) is 13.0 Å². The Kier molecular flexibility index (Phi) is 6.89. The zero-order valence-electron chi connectivity index (χ0n) is 11.4. The minimum Gasteiger partial charge on any atom is -0.356 e. The molecule has 106 valence electrons. The molecular formula is C15H23ClN2O. The van der Waals surface area contributed by atoms with Gasteiger partial charge in [-0.25, -0.2) is 0 Å². The lowest BCUT2D eigenvalue weighted by molar-refractivity contribution is -0.121. The monoisotopic (exact) mass is 282 g/mol. The van der Waals surface area contributed by atoms with E-state index in [0.29, 0.717) is 12.3 Å². The first-order valence-electron chi connectivity index (χ1n) is 6.77. The molecule has 1 unspecified atom stereocenters. The molecule has 1 aromatic carbocycles. The van der Waals surface area contributed by atoms with Gasteiger partial charge < -0.3 is 10.6 Å². The quantitative estimate of drug-likeness (QED) is 0.868. The molecule has 1 saturated heterocycles. The maximum atomic E-state index is 11.7. The van der Waals surface area contributed by atoms with Crippen LogP contribution in [0.3, 0.4) is 0 Å². The van der Waals surface area contributed by atoms with Crippen molar-refractivity contribution in [3.05, 3.63) is 35.4 Å². The molecule has 0 spiro atoms. The van der Waals surface area contributed by atoms with E-state index in [-0.39, 0.29) is 18.3 Å². The third-order valence-electron chi connectivity index (χ3n) is 3.61. The third-order valence-corrected chi connectivity index (χ3v) is 3.61. The predicted molar refractivity (Wildman–Crippen MR) is 80.7 cm³/mol. The van der Waals surface area contributed by atoms with Crippen molar-refractivity contribution in [2.75, 3.05) is 19.6 Å². The second-order valence-electron chi connectivity index (χ2n) is 5.09. The lowest BCUT2D eigenvalue weighted by Crippen LogP contribution is -2.28. The van der Waals surface area contributed by atoms with E-state index in [1.807, 2.05) is 12.1 Å². The van der Waals surface area contributed by atoms with Crippen molar-refractivity contribution in [2.24, 2.45) is 5.92 Å². The van der Waals surface area contributed by atoms with Gasteiger partial charge in [-0.05, 0) is 49.9 Å². The molecule has 0 aliphatic carbocycles. The smallest absolute Gasteiger partial charge is 0.220 e. The summed E-state index contributed by atoms with van der Waals surface area (Å²) in [7, 11) is 0. The van der Waals surface area contributed by atoms with Crippen molar-refractivity contribution in [3.63, 3.8) is 0 Å². The first kappa shape index (κ1) is 16.0. The number of hydrogen-bond donors (Lipinski definition) is 2. The van der Waals surface area contributed by atoms with Gasteiger partial charge in [0.15, 0.2) is 0 Å². The zero-order chi connectivity index (χ0) is 12.8. The molecule has 4 heteroatoms. The lowest BCUT2D eigenvalue weighted by atomic mass is 10.0. The third kappa shape index (κ3) is 5.21. The van der Waals surface area contributed by atoms with Crippen LogP contribution < -0.4 is 10.6 Å². The molecule has 1 fully saturated rings. The van der Waals surface area contributed by atoms with Crippen molar-refractivity contribution in [2.45, 2.75) is 26.2 Å². The summed E-state index contributed by atoms with van der Waals surface area (Å²) in [5.74, 6) is 0.723. The van der Waals surface area contributed by atoms with E-state index in [1.54, 1.807) is 0 Å². The summed E-state index contributed by atoms with van der Waals surface area (Å²) in [6, 6.07) is 8.34. The molecule has 1 heterocycles. The van der Waals surface area contributed by atoms with Gasteiger partial charge in [-0.3, -0.25) is 4.79 Å². The standard InChI is InChI=1S/C15H22N2O.ClH/c1-12-4-2-3-5-14(12)7-9-17-15(18)10-13-6-8-16-11-13;/h2-5,13,16H,6-11H2,1H3,(H,17,18);1H. The summed E-state index contributed by atoms with van der Waals surface area (Å²) in [6.45, 7) is 4.90. The van der Waals surface area contributed by atoms with Crippen LogP contribution in [0, 0.1) is 12.8 Å². The van der Waals surface area contributed by atoms with E-state index in [2.05, 4.69) is 29.7 Å². The van der Waals surface area contributed by atoms with Crippen molar-refractivity contribution in [1.82, 2.24) is 10.6 Å². The van der Waals surface area contributed by atoms with Crippen molar-refractivity contribution in [1.29, 1.82) is 0 Å². The van der Waals surface area contributed by atoms with Crippen LogP contribution in [0.1, 0.15) is 24.0 Å². The topological polar surface area (TPSA) is 41.1 Å². The molecule has 1 aromatic rings. The normalized spacial score (nSPS) is 17.8. The van der Waals surface area contributed by atoms with Crippen LogP contribution in [-0.4, -0.2) is 25.5 Å². The van der Waals surface area contributed by atoms with Gasteiger partial charge in [0.1, 0.15) is 0 Å². The number of carbonyl (C=O) groups is 1. The molecular weight excluding hydrogens is 260 g/mol. The average molecular weight is 283 g/mol. The van der Waals surface area contributed by atoms with Gasteiger partial charge in [0.2, 0.25) is 5.91 Å². The Morgan fingerprint density at radius 3 is 2.89 bits per heavy atom. The Balaban J connectivity index is 0.00000180. The Morgan fingerprint density at radius 2 is 2.21 bits per heavy atom. The van der Waals surface area contributed by atoms with Crippen LogP contribution in [0.15, 0.2) is 24.3 Å². The number of rotatable bonds is 5. The van der Waals surface area contributed by atoms with Crippen LogP contribution >= 0.6 is 12.4 Å². The molecule has 0 radical (unpaired) electrons. The molecule has 1 aliphatic rings. The Hall–Kier alpha value is -1.06. The van der Waals surface area contributed by atoms with Crippen LogP contribution in [0.5, 0.6) is 0 Å². The number of halogens is 1. The van der Waals surface area contributed by atoms with Crippen molar-refractivity contribution < 1.29 is 4.79 Å². The van der Waals surface area contributed by atoms with Crippen LogP contribution in [-0.2, 0) is 11.2 Å². The largest absolute Gasteiger partial charge is 0.356 e. The number of hydrogen-bond acceptors (Lipinski definition) is 2. The zero-order valence-corrected chi connectivity index (χ0v) is 12.3. The Labute approximate surface area is 121 Å². The molecule has 19 heavy (non-hydrogen) atoms. The summed E-state index contributed by atoms with van der Waals surface area (Å²) in [5, 5.41) is 6.31. The summed E-state index contributed by atoms with van der Waals surface area (Å²) in [5.41, 5.74) is 2.62. The number of amides is 1. The van der Waals surface area contributed by atoms with Gasteiger partial charge in [0.25, 0.3) is 0 Å². The van der Waals surface area contributed by atoms with Crippen LogP contribution in [0.2, 0.25) is 0 Å². The minimum absolute atomic E-state index is 0. The molecule has 1 atom stereocenters. The minimum atomic E-state index is 0. The summed E-state index contributed by atoms with van der Waals surface area (Å²) >= 11 is 0. The summed E-state index contributed by atoms with van der Waals surface area (Å²) in [4.78, 5) is 11.7. The molecule has 0 saturated carbocycles. The average Bonchev–Trinajstić information content (AvgIpc) is 2.84. The molecule has 0 aromatic heterocycles. The van der Waals surface area contributed by atoms with E-state index in [0.717, 1.165) is 32.5 Å². The highest BCUT2D eigenvalue weighted by Gasteiger charge is 2.17. The number of benzene rings is 1. The van der Waals surface area contributed by atoms with Crippen LogP contribution in [0.4, 0.5) is 0 Å². The highest BCUT2D eigenvalue weighted by molar-refractivity contribution is 5.85. The van der Waals surface area contributed by atoms with Gasteiger partial charge in [0.05, 0.1) is 0 Å². The number of aryl methyl sites for hydroxylation is 1. The lowest BCUT2D eigenvalue weighted by Gasteiger charge is -2.10. The highest BCUT2D eigenvalue weighted by atomic mass is 35.5. The molecule has 2 rings (SSSR count). The van der Waals surface area contributed by atoms with E-state index in [1.165, 1.54) is 11.1 Å². The fraction of sp³-hybridized carbons (Fsp3) is 0.533. The second kappa shape index (κ2) is 8.18. The molecule has 3 nitrogen and oxygen atoms in total. The van der Waals surface area contributed by atoms with Gasteiger partial charge in [-0.15, -0.1) is 12.4 Å². The highest BCUT2D eigenvalue weighted by Crippen LogP contribution is 2.11. The molecule has 1 aliphatic heterocycles. The molecule has 2 N–H and O–H groups in total. The maximum Gasteiger partial charge on any atom is 0.220 e. The molecule has 0 bridgehead atoms. The van der Waals surface area contributed by atoms with Gasteiger partial charge >= 0.3 is 0 Å². The number of nitrogens with one attached hydrogen (secondary N) is 2. The van der Waals surface area contributed by atoms with Crippen molar-refractivity contribution in [3.8, 4) is 0 Å². The first-order chi connectivity index (χ1) is 8.75. The van der Waals surface area contributed by atoms with Gasteiger partial charge in [-0.1, -0.05) is 24.3 Å². The Bertz CT molecular complexity index is 403. The fourth-order valence-electron chi connectivity index (χ4n) is 2.45. The predicted octanol–water partition coefficient (Wildman–Crippen LogP) is 2.08. The summed E-state index contributed by atoms with van der Waals surface area (Å²) < 4.78 is 0. The Morgan fingerprint density at radius 1 is 1.42 bits per heavy atom. The van der Waals surface area contributed by atoms with E-state index in [9.17, 15) is 4.79 Å². The summed E-state index contributed by atoms with van der Waals surface area (Å²) in [6.07, 6.45) is 2.72. The fourth-order valence-corrected chi connectivity index (χ4v) is 2.45. The van der Waals surface area contributed by atoms with Crippen molar-refractivity contribution >= 4 is 18.3 Å². The van der Waals surface area contributed by atoms with E-state index >= 15 is 0 Å². The number of carbonyl (C=O) groups excluding carboxylic acids is 1. The first-order valence-corrected chi connectivity index (χ1v) is 6.77.